The number of pyridine rings is 1. The molecule has 0 spiro atoms. The predicted octanol–water partition coefficient (Wildman–Crippen LogP) is 4.70. The van der Waals surface area contributed by atoms with Crippen molar-refractivity contribution >= 4 is 33.7 Å². The summed E-state index contributed by atoms with van der Waals surface area (Å²) < 4.78 is 7.93. The van der Waals surface area contributed by atoms with Gasteiger partial charge in [-0.15, -0.1) is 0 Å². The highest BCUT2D eigenvalue weighted by Crippen LogP contribution is 2.34. The smallest absolute Gasteiger partial charge is 0.166 e. The molecule has 0 saturated carbocycles. The summed E-state index contributed by atoms with van der Waals surface area (Å²) >= 11 is 6.52. The first-order valence-electron chi connectivity index (χ1n) is 9.09. The maximum absolute atomic E-state index is 6.52. The predicted molar refractivity (Wildman–Crippen MR) is 105 cm³/mol. The first-order chi connectivity index (χ1) is 13.2. The van der Waals surface area contributed by atoms with Crippen LogP contribution in [0.1, 0.15) is 31.3 Å². The second kappa shape index (κ2) is 6.55. The Morgan fingerprint density at radius 3 is 2.89 bits per heavy atom. The van der Waals surface area contributed by atoms with E-state index < -0.39 is 0 Å². The molecule has 4 aromatic rings. The zero-order chi connectivity index (χ0) is 18.4. The highest BCUT2D eigenvalue weighted by atomic mass is 35.5. The van der Waals surface area contributed by atoms with Gasteiger partial charge < -0.3 is 4.74 Å². The molecular formula is C20H18ClN5O. The minimum atomic E-state index is -0.0314. The number of halogens is 1. The SMILES string of the molecule is Cc1nc(-c2cc3ccccc3nc2Cl)c2ncn(C3CCCCO3)c2n1. The second-order valence-electron chi connectivity index (χ2n) is 6.78. The molecule has 5 rings (SSSR count). The molecule has 1 aliphatic rings. The van der Waals surface area contributed by atoms with E-state index in [1.54, 1.807) is 6.33 Å². The number of imidazole rings is 1. The minimum Gasteiger partial charge on any atom is -0.358 e. The number of aromatic nitrogens is 5. The van der Waals surface area contributed by atoms with E-state index in [9.17, 15) is 0 Å². The topological polar surface area (TPSA) is 65.7 Å². The number of hydrogen-bond acceptors (Lipinski definition) is 5. The van der Waals surface area contributed by atoms with Gasteiger partial charge in [-0.05, 0) is 38.3 Å². The van der Waals surface area contributed by atoms with E-state index in [0.29, 0.717) is 22.2 Å². The van der Waals surface area contributed by atoms with Gasteiger partial charge in [0.05, 0.1) is 11.8 Å². The summed E-state index contributed by atoms with van der Waals surface area (Å²) in [6.45, 7) is 2.64. The van der Waals surface area contributed by atoms with Gasteiger partial charge >= 0.3 is 0 Å². The fourth-order valence-corrected chi connectivity index (χ4v) is 3.86. The van der Waals surface area contributed by atoms with E-state index in [1.807, 2.05) is 41.8 Å². The van der Waals surface area contributed by atoms with Crippen molar-refractivity contribution in [1.82, 2.24) is 24.5 Å². The molecule has 0 amide bonds. The summed E-state index contributed by atoms with van der Waals surface area (Å²) in [6.07, 6.45) is 4.96. The van der Waals surface area contributed by atoms with Gasteiger partial charge in [0, 0.05) is 17.6 Å². The normalized spacial score (nSPS) is 17.6. The molecule has 1 aromatic carbocycles. The lowest BCUT2D eigenvalue weighted by Gasteiger charge is -2.23. The van der Waals surface area contributed by atoms with E-state index in [1.165, 1.54) is 0 Å². The van der Waals surface area contributed by atoms with Gasteiger partial charge in [0.2, 0.25) is 0 Å². The van der Waals surface area contributed by atoms with Crippen LogP contribution in [0.2, 0.25) is 5.15 Å². The van der Waals surface area contributed by atoms with Crippen LogP contribution >= 0.6 is 11.6 Å². The Labute approximate surface area is 161 Å². The highest BCUT2D eigenvalue weighted by molar-refractivity contribution is 6.32. The number of fused-ring (bicyclic) bond motifs is 2. The zero-order valence-corrected chi connectivity index (χ0v) is 15.6. The summed E-state index contributed by atoms with van der Waals surface area (Å²) in [7, 11) is 0. The average Bonchev–Trinajstić information content (AvgIpc) is 3.11. The second-order valence-corrected chi connectivity index (χ2v) is 7.14. The van der Waals surface area contributed by atoms with Crippen molar-refractivity contribution in [2.24, 2.45) is 0 Å². The number of hydrogen-bond donors (Lipinski definition) is 0. The number of benzene rings is 1. The van der Waals surface area contributed by atoms with E-state index >= 15 is 0 Å². The first kappa shape index (κ1) is 16.6. The minimum absolute atomic E-state index is 0.0314. The van der Waals surface area contributed by atoms with Crippen molar-refractivity contribution in [3.05, 3.63) is 47.6 Å². The lowest BCUT2D eigenvalue weighted by molar-refractivity contribution is -0.0298. The maximum Gasteiger partial charge on any atom is 0.166 e. The molecule has 136 valence electrons. The summed E-state index contributed by atoms with van der Waals surface area (Å²) in [5.41, 5.74) is 3.81. The molecule has 0 N–H and O–H groups in total. The summed E-state index contributed by atoms with van der Waals surface area (Å²) in [4.78, 5) is 18.4. The number of ether oxygens (including phenoxy) is 1. The molecule has 0 radical (unpaired) electrons. The quantitative estimate of drug-likeness (QED) is 0.472. The lowest BCUT2D eigenvalue weighted by atomic mass is 10.1. The van der Waals surface area contributed by atoms with E-state index in [0.717, 1.165) is 48.0 Å². The number of nitrogens with zero attached hydrogens (tertiary/aromatic N) is 5. The largest absolute Gasteiger partial charge is 0.358 e. The number of para-hydroxylation sites is 1. The summed E-state index contributed by atoms with van der Waals surface area (Å²) in [6, 6.07) is 9.91. The Bertz CT molecular complexity index is 1150. The molecule has 27 heavy (non-hydrogen) atoms. The lowest BCUT2D eigenvalue weighted by Crippen LogP contribution is -2.17. The van der Waals surface area contributed by atoms with Crippen molar-refractivity contribution in [2.75, 3.05) is 6.61 Å². The molecule has 1 atom stereocenters. The molecule has 6 nitrogen and oxygen atoms in total. The van der Waals surface area contributed by atoms with E-state index in [-0.39, 0.29) is 6.23 Å². The van der Waals surface area contributed by atoms with Crippen molar-refractivity contribution in [1.29, 1.82) is 0 Å². The van der Waals surface area contributed by atoms with Gasteiger partial charge in [0.15, 0.2) is 5.65 Å². The molecule has 7 heteroatoms. The van der Waals surface area contributed by atoms with Crippen molar-refractivity contribution < 1.29 is 4.74 Å². The molecule has 1 saturated heterocycles. The third-order valence-corrected chi connectivity index (χ3v) is 5.22. The van der Waals surface area contributed by atoms with Gasteiger partial charge in [-0.1, -0.05) is 29.8 Å². The summed E-state index contributed by atoms with van der Waals surface area (Å²) in [5, 5.41) is 1.42. The van der Waals surface area contributed by atoms with Gasteiger partial charge in [0.1, 0.15) is 28.4 Å². The molecular weight excluding hydrogens is 362 g/mol. The van der Waals surface area contributed by atoms with Crippen LogP contribution in [-0.4, -0.2) is 31.1 Å². The Kier molecular flexibility index (Phi) is 4.02. The van der Waals surface area contributed by atoms with Crippen molar-refractivity contribution in [3.8, 4) is 11.3 Å². The van der Waals surface area contributed by atoms with E-state index in [4.69, 9.17) is 16.3 Å². The van der Waals surface area contributed by atoms with Gasteiger partial charge in [-0.2, -0.15) is 0 Å². The third kappa shape index (κ3) is 2.85. The zero-order valence-electron chi connectivity index (χ0n) is 14.9. The van der Waals surface area contributed by atoms with Crippen molar-refractivity contribution in [2.45, 2.75) is 32.4 Å². The molecule has 4 heterocycles. The monoisotopic (exact) mass is 379 g/mol. The molecule has 1 unspecified atom stereocenters. The van der Waals surface area contributed by atoms with Crippen LogP contribution in [0.25, 0.3) is 33.3 Å². The Hall–Kier alpha value is -2.57. The number of aryl methyl sites for hydroxylation is 1. The Balaban J connectivity index is 1.72. The maximum atomic E-state index is 6.52. The fraction of sp³-hybridized carbons (Fsp3) is 0.300. The number of rotatable bonds is 2. The van der Waals surface area contributed by atoms with Crippen molar-refractivity contribution in [3.63, 3.8) is 0 Å². The first-order valence-corrected chi connectivity index (χ1v) is 9.47. The highest BCUT2D eigenvalue weighted by Gasteiger charge is 2.22. The average molecular weight is 380 g/mol. The molecule has 0 aliphatic carbocycles. The fourth-order valence-electron chi connectivity index (χ4n) is 3.63. The van der Waals surface area contributed by atoms with Crippen LogP contribution in [0, 0.1) is 6.92 Å². The van der Waals surface area contributed by atoms with Crippen LogP contribution < -0.4 is 0 Å². The third-order valence-electron chi connectivity index (χ3n) is 4.93. The van der Waals surface area contributed by atoms with Crippen LogP contribution in [0.15, 0.2) is 36.7 Å². The van der Waals surface area contributed by atoms with Crippen LogP contribution in [0.3, 0.4) is 0 Å². The molecule has 0 bridgehead atoms. The van der Waals surface area contributed by atoms with Gasteiger partial charge in [0.25, 0.3) is 0 Å². The van der Waals surface area contributed by atoms with Crippen LogP contribution in [-0.2, 0) is 4.74 Å². The molecule has 3 aromatic heterocycles. The standard InChI is InChI=1S/C20H18ClN5O/c1-12-23-17(14-10-13-6-2-3-7-15(13)25-19(14)21)18-20(24-12)26(11-22-18)16-8-4-5-9-27-16/h2-3,6-7,10-11,16H,4-5,8-9H2,1H3. The Morgan fingerprint density at radius 2 is 2.04 bits per heavy atom. The van der Waals surface area contributed by atoms with E-state index in [2.05, 4.69) is 19.9 Å². The molecule has 1 fully saturated rings. The summed E-state index contributed by atoms with van der Waals surface area (Å²) in [5.74, 6) is 0.666. The van der Waals surface area contributed by atoms with Crippen LogP contribution in [0.4, 0.5) is 0 Å². The molecule has 1 aliphatic heterocycles. The Morgan fingerprint density at radius 1 is 1.15 bits per heavy atom. The van der Waals surface area contributed by atoms with Crippen LogP contribution in [0.5, 0.6) is 0 Å². The van der Waals surface area contributed by atoms with Gasteiger partial charge in [-0.3, -0.25) is 4.57 Å². The van der Waals surface area contributed by atoms with Gasteiger partial charge in [-0.25, -0.2) is 19.9 Å².